The number of hydrogen-bond acceptors (Lipinski definition) is 6. The maximum atomic E-state index is 13.4. The number of carbonyl (C=O) groups excluding carboxylic acids is 2. The summed E-state index contributed by atoms with van der Waals surface area (Å²) >= 11 is 0. The van der Waals surface area contributed by atoms with Gasteiger partial charge < -0.3 is 18.9 Å². The van der Waals surface area contributed by atoms with Gasteiger partial charge in [-0.3, -0.25) is 0 Å². The molecule has 0 radical (unpaired) electrons. The normalized spacial score (nSPS) is 12.0. The quantitative estimate of drug-likeness (QED) is 0.0808. The summed E-state index contributed by atoms with van der Waals surface area (Å²) in [6.07, 6.45) is -0.704. The average Bonchev–Trinajstić information content (AvgIpc) is 3.02. The molecule has 0 saturated heterocycles. The van der Waals surface area contributed by atoms with E-state index in [9.17, 15) is 22.8 Å². The van der Waals surface area contributed by atoms with Crippen LogP contribution in [0.25, 0.3) is 11.1 Å². The molecule has 6 nitrogen and oxygen atoms in total. The van der Waals surface area contributed by atoms with Crippen molar-refractivity contribution in [3.8, 4) is 22.6 Å². The summed E-state index contributed by atoms with van der Waals surface area (Å²) in [5.74, 6) is -0.761. The first-order valence-electron chi connectivity index (χ1n) is 15.2. The molecule has 1 atom stereocenters. The molecule has 0 saturated carbocycles. The van der Waals surface area contributed by atoms with Gasteiger partial charge in [-0.1, -0.05) is 56.9 Å². The van der Waals surface area contributed by atoms with Gasteiger partial charge in [0.15, 0.2) is 6.10 Å². The van der Waals surface area contributed by atoms with Crippen LogP contribution in [-0.2, 0) is 9.47 Å². The molecular formula is C35H41F3O6. The number of alkyl halides is 3. The number of unbranched alkanes of at least 4 members (excludes halogenated alkanes) is 5. The van der Waals surface area contributed by atoms with Crippen molar-refractivity contribution in [1.29, 1.82) is 0 Å². The molecule has 0 aromatic heterocycles. The number of hydrogen-bond donors (Lipinski definition) is 0. The van der Waals surface area contributed by atoms with E-state index in [4.69, 9.17) is 18.9 Å². The van der Waals surface area contributed by atoms with Gasteiger partial charge in [-0.2, -0.15) is 13.2 Å². The summed E-state index contributed by atoms with van der Waals surface area (Å²) in [6.45, 7) is 5.53. The molecule has 0 aliphatic heterocycles. The van der Waals surface area contributed by atoms with E-state index < -0.39 is 24.2 Å². The highest BCUT2D eigenvalue weighted by Gasteiger charge is 2.42. The van der Waals surface area contributed by atoms with Gasteiger partial charge in [-0.05, 0) is 92.3 Å². The fraction of sp³-hybridized carbons (Fsp3) is 0.429. The Balaban J connectivity index is 1.50. The molecule has 0 amide bonds. The number of ether oxygens (including phenoxy) is 4. The summed E-state index contributed by atoms with van der Waals surface area (Å²) in [7, 11) is 0. The third kappa shape index (κ3) is 11.7. The summed E-state index contributed by atoms with van der Waals surface area (Å²) in [4.78, 5) is 25.1. The lowest BCUT2D eigenvalue weighted by atomic mass is 10.0. The van der Waals surface area contributed by atoms with Crippen molar-refractivity contribution in [3.63, 3.8) is 0 Å². The molecule has 0 fully saturated rings. The fourth-order valence-corrected chi connectivity index (χ4v) is 4.43. The van der Waals surface area contributed by atoms with Crippen molar-refractivity contribution < 1.29 is 41.7 Å². The van der Waals surface area contributed by atoms with E-state index in [1.807, 2.05) is 36.4 Å². The van der Waals surface area contributed by atoms with E-state index in [0.29, 0.717) is 31.8 Å². The number of carbonyl (C=O) groups is 2. The van der Waals surface area contributed by atoms with E-state index in [2.05, 4.69) is 6.92 Å². The van der Waals surface area contributed by atoms with Crippen LogP contribution >= 0.6 is 0 Å². The first-order chi connectivity index (χ1) is 21.2. The van der Waals surface area contributed by atoms with Crippen molar-refractivity contribution in [1.82, 2.24) is 0 Å². The van der Waals surface area contributed by atoms with Crippen molar-refractivity contribution in [2.45, 2.75) is 77.5 Å². The first kappa shape index (κ1) is 34.6. The van der Waals surface area contributed by atoms with Crippen LogP contribution in [0.2, 0.25) is 0 Å². The monoisotopic (exact) mass is 614 g/mol. The average molecular weight is 615 g/mol. The van der Waals surface area contributed by atoms with Gasteiger partial charge in [0, 0.05) is 13.2 Å². The van der Waals surface area contributed by atoms with Gasteiger partial charge in [0.1, 0.15) is 11.5 Å². The highest BCUT2D eigenvalue weighted by Crippen LogP contribution is 2.28. The van der Waals surface area contributed by atoms with Crippen LogP contribution in [0.15, 0.2) is 72.8 Å². The third-order valence-electron chi connectivity index (χ3n) is 6.95. The smallest absolute Gasteiger partial charge is 0.425 e. The lowest BCUT2D eigenvalue weighted by Gasteiger charge is -2.20. The molecule has 0 heterocycles. The first-order valence-corrected chi connectivity index (χ1v) is 15.2. The molecule has 9 heteroatoms. The second-order valence-corrected chi connectivity index (χ2v) is 10.4. The van der Waals surface area contributed by atoms with Crippen molar-refractivity contribution in [3.05, 3.63) is 83.9 Å². The second-order valence-electron chi connectivity index (χ2n) is 10.4. The van der Waals surface area contributed by atoms with Crippen LogP contribution in [0.3, 0.4) is 0 Å². The molecule has 1 unspecified atom stereocenters. The maximum Gasteiger partial charge on any atom is 0.425 e. The molecule has 0 aliphatic rings. The summed E-state index contributed by atoms with van der Waals surface area (Å²) in [6, 6.07) is 19.9. The Kier molecular flexibility index (Phi) is 14.2. The maximum absolute atomic E-state index is 13.4. The van der Waals surface area contributed by atoms with Crippen LogP contribution in [-0.4, -0.2) is 44.0 Å². The van der Waals surface area contributed by atoms with Crippen LogP contribution < -0.4 is 9.47 Å². The van der Waals surface area contributed by atoms with Crippen molar-refractivity contribution >= 4 is 11.9 Å². The van der Waals surface area contributed by atoms with E-state index in [-0.39, 0.29) is 24.2 Å². The molecular weight excluding hydrogens is 573 g/mol. The Morgan fingerprint density at radius 3 is 1.82 bits per heavy atom. The third-order valence-corrected chi connectivity index (χ3v) is 6.95. The minimum Gasteiger partial charge on any atom is -0.494 e. The second kappa shape index (κ2) is 18.1. The summed E-state index contributed by atoms with van der Waals surface area (Å²) < 4.78 is 61.3. The number of benzene rings is 3. The Morgan fingerprint density at radius 2 is 1.20 bits per heavy atom. The molecule has 3 aromatic rings. The van der Waals surface area contributed by atoms with Crippen molar-refractivity contribution in [2.24, 2.45) is 0 Å². The van der Waals surface area contributed by atoms with Gasteiger partial charge >= 0.3 is 18.1 Å². The van der Waals surface area contributed by atoms with Crippen molar-refractivity contribution in [2.75, 3.05) is 19.8 Å². The van der Waals surface area contributed by atoms with Crippen LogP contribution in [0.4, 0.5) is 13.2 Å². The van der Waals surface area contributed by atoms with Gasteiger partial charge in [0.05, 0.1) is 17.7 Å². The molecule has 44 heavy (non-hydrogen) atoms. The van der Waals surface area contributed by atoms with E-state index in [1.165, 1.54) is 49.9 Å². The van der Waals surface area contributed by atoms with Crippen LogP contribution in [0.5, 0.6) is 11.5 Å². The molecule has 0 spiro atoms. The largest absolute Gasteiger partial charge is 0.494 e. The van der Waals surface area contributed by atoms with E-state index in [0.717, 1.165) is 23.3 Å². The number of esters is 2. The Labute approximate surface area is 257 Å². The number of halogens is 3. The minimum atomic E-state index is -4.68. The van der Waals surface area contributed by atoms with Crippen LogP contribution in [0.1, 0.15) is 85.9 Å². The Hall–Kier alpha value is -3.85. The minimum absolute atomic E-state index is 0.0823. The molecule has 3 rings (SSSR count). The zero-order valence-corrected chi connectivity index (χ0v) is 25.4. The van der Waals surface area contributed by atoms with E-state index in [1.54, 1.807) is 19.1 Å². The molecule has 0 bridgehead atoms. The zero-order valence-electron chi connectivity index (χ0n) is 25.4. The van der Waals surface area contributed by atoms with Gasteiger partial charge in [-0.25, -0.2) is 9.59 Å². The Bertz CT molecular complexity index is 1270. The summed E-state index contributed by atoms with van der Waals surface area (Å²) in [5.41, 5.74) is 2.13. The zero-order chi connectivity index (χ0) is 31.8. The fourth-order valence-electron chi connectivity index (χ4n) is 4.43. The van der Waals surface area contributed by atoms with Gasteiger partial charge in [0.25, 0.3) is 0 Å². The predicted octanol–water partition coefficient (Wildman–Crippen LogP) is 9.22. The molecule has 0 aliphatic carbocycles. The molecule has 238 valence electrons. The molecule has 0 N–H and O–H groups in total. The predicted molar refractivity (Wildman–Crippen MR) is 163 cm³/mol. The molecule has 3 aromatic carbocycles. The summed E-state index contributed by atoms with van der Waals surface area (Å²) in [5, 5.41) is 0. The van der Waals surface area contributed by atoms with E-state index >= 15 is 0 Å². The Morgan fingerprint density at radius 1 is 0.659 bits per heavy atom. The highest BCUT2D eigenvalue weighted by atomic mass is 19.4. The lowest BCUT2D eigenvalue weighted by Crippen LogP contribution is -2.34. The van der Waals surface area contributed by atoms with Gasteiger partial charge in [0.2, 0.25) is 0 Å². The topological polar surface area (TPSA) is 71.1 Å². The standard InChI is InChI=1S/C35H41F3O6/c1-3-5-6-7-9-25-42-30-20-16-27(17-21-30)26-12-14-28(15-13-26)33(39)43-31-22-18-29(19-23-31)34(40)44-32(35(36,37)38)11-8-10-24-41-4-2/h12-23,32H,3-11,24-25H2,1-2H3. The lowest BCUT2D eigenvalue weighted by molar-refractivity contribution is -0.206. The van der Waals surface area contributed by atoms with Crippen LogP contribution in [0, 0.1) is 0 Å². The number of rotatable bonds is 18. The highest BCUT2D eigenvalue weighted by molar-refractivity contribution is 5.92. The SMILES string of the molecule is CCCCCCCOc1ccc(-c2ccc(C(=O)Oc3ccc(C(=O)OC(CCCCOCC)C(F)(F)F)cc3)cc2)cc1. The van der Waals surface area contributed by atoms with Gasteiger partial charge in [-0.15, -0.1) is 0 Å².